The third-order valence-corrected chi connectivity index (χ3v) is 3.99. The molecule has 0 aromatic carbocycles. The monoisotopic (exact) mass is 299 g/mol. The molecule has 0 radical (unpaired) electrons. The summed E-state index contributed by atoms with van der Waals surface area (Å²) >= 11 is 0. The van der Waals surface area contributed by atoms with Crippen LogP contribution >= 0.6 is 0 Å². The maximum absolute atomic E-state index is 12.1. The van der Waals surface area contributed by atoms with Gasteiger partial charge in [-0.15, -0.1) is 0 Å². The fourth-order valence-electron chi connectivity index (χ4n) is 2.76. The number of rotatable bonds is 4. The smallest absolute Gasteiger partial charge is 0.326 e. The summed E-state index contributed by atoms with van der Waals surface area (Å²) in [5.74, 6) is -1.19. The van der Waals surface area contributed by atoms with E-state index in [4.69, 9.17) is 9.84 Å². The molecule has 2 aliphatic rings. The highest BCUT2D eigenvalue weighted by Crippen LogP contribution is 2.20. The van der Waals surface area contributed by atoms with E-state index in [9.17, 15) is 14.4 Å². The number of carboxylic acid groups (broad SMARTS) is 1. The van der Waals surface area contributed by atoms with E-state index < -0.39 is 18.0 Å². The minimum atomic E-state index is -1.06. The molecule has 2 saturated heterocycles. The fraction of sp³-hybridized carbons (Fsp3) is 0.769. The highest BCUT2D eigenvalue weighted by atomic mass is 16.5. The van der Waals surface area contributed by atoms with Gasteiger partial charge in [0.1, 0.15) is 6.04 Å². The Bertz CT molecular complexity index is 422. The molecule has 2 unspecified atom stereocenters. The van der Waals surface area contributed by atoms with Gasteiger partial charge in [-0.25, -0.2) is 9.59 Å². The summed E-state index contributed by atoms with van der Waals surface area (Å²) in [5.41, 5.74) is 0. The molecule has 0 spiro atoms. The van der Waals surface area contributed by atoms with E-state index in [0.29, 0.717) is 0 Å². The normalized spacial score (nSPS) is 25.2. The largest absolute Gasteiger partial charge is 0.480 e. The second kappa shape index (κ2) is 6.75. The van der Waals surface area contributed by atoms with E-state index in [0.717, 1.165) is 25.9 Å². The molecule has 21 heavy (non-hydrogen) atoms. The van der Waals surface area contributed by atoms with Crippen molar-refractivity contribution >= 4 is 17.9 Å². The quantitative estimate of drug-likeness (QED) is 0.728. The molecular formula is C13H21N3O5. The van der Waals surface area contributed by atoms with Crippen LogP contribution in [-0.4, -0.2) is 78.2 Å². The standard InChI is InChI=1S/C13H21N3O5/c1-21-9-6-10(12(18)19)16(8-9)13(20)14-7-11(17)15-4-2-3-5-15/h9-10H,2-8H2,1H3,(H,14,20)(H,18,19). The van der Waals surface area contributed by atoms with Gasteiger partial charge in [0.05, 0.1) is 12.6 Å². The number of methoxy groups -OCH3 is 1. The second-order valence-electron chi connectivity index (χ2n) is 5.35. The molecule has 8 nitrogen and oxygen atoms in total. The molecule has 0 saturated carbocycles. The van der Waals surface area contributed by atoms with Crippen LogP contribution in [0, 0.1) is 0 Å². The van der Waals surface area contributed by atoms with Gasteiger partial charge in [-0.2, -0.15) is 0 Å². The van der Waals surface area contributed by atoms with Gasteiger partial charge in [0.2, 0.25) is 5.91 Å². The van der Waals surface area contributed by atoms with Crippen molar-refractivity contribution < 1.29 is 24.2 Å². The van der Waals surface area contributed by atoms with Gasteiger partial charge in [0, 0.05) is 33.2 Å². The number of likely N-dealkylation sites (tertiary alicyclic amines) is 2. The Hall–Kier alpha value is -1.83. The lowest BCUT2D eigenvalue weighted by molar-refractivity contribution is -0.141. The number of carbonyl (C=O) groups excluding carboxylic acids is 2. The molecule has 2 aliphatic heterocycles. The van der Waals surface area contributed by atoms with Crippen molar-refractivity contribution in [1.82, 2.24) is 15.1 Å². The van der Waals surface area contributed by atoms with Gasteiger partial charge < -0.3 is 25.0 Å². The first-order valence-electron chi connectivity index (χ1n) is 7.10. The van der Waals surface area contributed by atoms with Crippen LogP contribution in [0.1, 0.15) is 19.3 Å². The molecule has 2 atom stereocenters. The Morgan fingerprint density at radius 2 is 1.95 bits per heavy atom. The maximum atomic E-state index is 12.1. The molecule has 0 aromatic heterocycles. The summed E-state index contributed by atoms with van der Waals surface area (Å²) in [6, 6.07) is -1.44. The van der Waals surface area contributed by atoms with Gasteiger partial charge in [-0.3, -0.25) is 4.79 Å². The van der Waals surface area contributed by atoms with Gasteiger partial charge in [-0.1, -0.05) is 0 Å². The summed E-state index contributed by atoms with van der Waals surface area (Å²) in [6.07, 6.45) is 1.95. The molecule has 2 heterocycles. The molecule has 2 rings (SSSR count). The van der Waals surface area contributed by atoms with Crippen LogP contribution in [0.15, 0.2) is 0 Å². The summed E-state index contributed by atoms with van der Waals surface area (Å²) in [5, 5.41) is 11.7. The number of ether oxygens (including phenoxy) is 1. The third-order valence-electron chi connectivity index (χ3n) is 3.99. The average Bonchev–Trinajstić information content (AvgIpc) is 3.12. The van der Waals surface area contributed by atoms with Gasteiger partial charge in [0.25, 0.3) is 0 Å². The lowest BCUT2D eigenvalue weighted by Gasteiger charge is -2.22. The summed E-state index contributed by atoms with van der Waals surface area (Å²) in [7, 11) is 1.49. The summed E-state index contributed by atoms with van der Waals surface area (Å²) in [4.78, 5) is 38.0. The summed E-state index contributed by atoms with van der Waals surface area (Å²) in [6.45, 7) is 1.57. The molecule has 2 fully saturated rings. The first-order chi connectivity index (χ1) is 10.0. The fourth-order valence-corrected chi connectivity index (χ4v) is 2.76. The molecule has 8 heteroatoms. The number of nitrogens with one attached hydrogen (secondary N) is 1. The number of carbonyl (C=O) groups is 3. The molecule has 0 aromatic rings. The Morgan fingerprint density at radius 3 is 2.52 bits per heavy atom. The molecule has 0 aliphatic carbocycles. The van der Waals surface area contributed by atoms with Crippen molar-refractivity contribution in [2.75, 3.05) is 33.3 Å². The van der Waals surface area contributed by atoms with Gasteiger partial charge in [-0.05, 0) is 12.8 Å². The third kappa shape index (κ3) is 3.63. The van der Waals surface area contributed by atoms with Crippen molar-refractivity contribution in [2.45, 2.75) is 31.4 Å². The van der Waals surface area contributed by atoms with Crippen molar-refractivity contribution in [1.29, 1.82) is 0 Å². The number of hydrogen-bond donors (Lipinski definition) is 2. The van der Waals surface area contributed by atoms with Crippen molar-refractivity contribution in [3.05, 3.63) is 0 Å². The minimum Gasteiger partial charge on any atom is -0.480 e. The number of urea groups is 1. The Morgan fingerprint density at radius 1 is 1.29 bits per heavy atom. The maximum Gasteiger partial charge on any atom is 0.326 e. The second-order valence-corrected chi connectivity index (χ2v) is 5.35. The topological polar surface area (TPSA) is 99.2 Å². The van der Waals surface area contributed by atoms with Crippen LogP contribution in [0.2, 0.25) is 0 Å². The molecule has 2 N–H and O–H groups in total. The average molecular weight is 299 g/mol. The zero-order valence-corrected chi connectivity index (χ0v) is 12.1. The van der Waals surface area contributed by atoms with E-state index in [-0.39, 0.29) is 31.5 Å². The van der Waals surface area contributed by atoms with Crippen LogP contribution < -0.4 is 5.32 Å². The van der Waals surface area contributed by atoms with Crippen molar-refractivity contribution in [3.8, 4) is 0 Å². The Balaban J connectivity index is 1.86. The van der Waals surface area contributed by atoms with E-state index in [1.807, 2.05) is 0 Å². The Kier molecular flexibility index (Phi) is 5.00. The number of carboxylic acids is 1. The Labute approximate surface area is 123 Å². The lowest BCUT2D eigenvalue weighted by atomic mass is 10.2. The number of amides is 3. The van der Waals surface area contributed by atoms with Gasteiger partial charge >= 0.3 is 12.0 Å². The molecule has 118 valence electrons. The van der Waals surface area contributed by atoms with Crippen LogP contribution in [0.4, 0.5) is 4.79 Å². The highest BCUT2D eigenvalue weighted by Gasteiger charge is 2.40. The predicted molar refractivity (Wildman–Crippen MR) is 72.8 cm³/mol. The predicted octanol–water partition coefficient (Wildman–Crippen LogP) is -0.508. The van der Waals surface area contributed by atoms with E-state index in [2.05, 4.69) is 5.32 Å². The zero-order chi connectivity index (χ0) is 15.4. The van der Waals surface area contributed by atoms with Gasteiger partial charge in [0.15, 0.2) is 0 Å². The van der Waals surface area contributed by atoms with E-state index in [1.54, 1.807) is 4.90 Å². The van der Waals surface area contributed by atoms with Crippen LogP contribution in [-0.2, 0) is 14.3 Å². The molecule has 3 amide bonds. The first-order valence-corrected chi connectivity index (χ1v) is 7.10. The number of aliphatic carboxylic acids is 1. The number of nitrogens with zero attached hydrogens (tertiary/aromatic N) is 2. The minimum absolute atomic E-state index is 0.0979. The first kappa shape index (κ1) is 15.6. The van der Waals surface area contributed by atoms with Crippen LogP contribution in [0.3, 0.4) is 0 Å². The van der Waals surface area contributed by atoms with E-state index in [1.165, 1.54) is 12.0 Å². The summed E-state index contributed by atoms with van der Waals surface area (Å²) < 4.78 is 5.12. The zero-order valence-electron chi connectivity index (χ0n) is 12.1. The molecular weight excluding hydrogens is 278 g/mol. The van der Waals surface area contributed by atoms with Crippen molar-refractivity contribution in [3.63, 3.8) is 0 Å². The van der Waals surface area contributed by atoms with Crippen LogP contribution in [0.5, 0.6) is 0 Å². The highest BCUT2D eigenvalue weighted by molar-refractivity contribution is 5.87. The number of hydrogen-bond acceptors (Lipinski definition) is 4. The lowest BCUT2D eigenvalue weighted by Crippen LogP contribution is -2.48. The van der Waals surface area contributed by atoms with E-state index >= 15 is 0 Å². The SMILES string of the molecule is COC1CC(C(=O)O)N(C(=O)NCC(=O)N2CCCC2)C1. The molecule has 0 bridgehead atoms. The van der Waals surface area contributed by atoms with Crippen molar-refractivity contribution in [2.24, 2.45) is 0 Å². The van der Waals surface area contributed by atoms with Crippen LogP contribution in [0.25, 0.3) is 0 Å².